The Hall–Kier alpha value is -2.09. The molecular weight excluding hydrogens is 268 g/mol. The summed E-state index contributed by atoms with van der Waals surface area (Å²) in [5.74, 6) is 1.05. The Morgan fingerprint density at radius 2 is 2.16 bits per heavy atom. The largest absolute Gasteiger partial charge is 0.468 e. The molecule has 0 spiro atoms. The van der Waals surface area contributed by atoms with E-state index in [0.29, 0.717) is 22.4 Å². The van der Waals surface area contributed by atoms with Crippen LogP contribution >= 0.6 is 11.8 Å². The van der Waals surface area contributed by atoms with Crippen LogP contribution in [0, 0.1) is 24.0 Å². The molecule has 2 rings (SSSR count). The molecule has 0 saturated heterocycles. The fourth-order valence-corrected chi connectivity index (χ4v) is 2.49. The molecule has 100 valence electrons. The lowest BCUT2D eigenvalue weighted by Crippen LogP contribution is -2.04. The van der Waals surface area contributed by atoms with Crippen LogP contribution in [0.2, 0.25) is 0 Å². The summed E-state index contributed by atoms with van der Waals surface area (Å²) < 4.78 is 5.17. The van der Waals surface area contributed by atoms with Gasteiger partial charge in [0.1, 0.15) is 11.5 Å². The van der Waals surface area contributed by atoms with Crippen LogP contribution in [0.25, 0.3) is 0 Å². The van der Waals surface area contributed by atoms with Gasteiger partial charge in [0.25, 0.3) is 0 Å². The van der Waals surface area contributed by atoms with Crippen molar-refractivity contribution in [2.45, 2.75) is 23.8 Å². The first-order valence-corrected chi connectivity index (χ1v) is 6.27. The SMILES string of the molecule is CNc1nc(C)c([N+](=O)[O-])c(Sc2ccoc2C)n1. The van der Waals surface area contributed by atoms with Crippen LogP contribution in [-0.2, 0) is 0 Å². The smallest absolute Gasteiger partial charge is 0.322 e. The standard InChI is InChI=1S/C11H12N4O3S/c1-6-9(15(16)17)10(14-11(12-3)13-6)19-8-4-5-18-7(8)2/h4-5H,1-3H3,(H,12,13,14). The zero-order valence-corrected chi connectivity index (χ0v) is 11.4. The lowest BCUT2D eigenvalue weighted by molar-refractivity contribution is -0.389. The number of furan rings is 1. The Balaban J connectivity index is 2.50. The van der Waals surface area contributed by atoms with Gasteiger partial charge in [-0.1, -0.05) is 11.8 Å². The minimum Gasteiger partial charge on any atom is -0.468 e. The van der Waals surface area contributed by atoms with E-state index in [4.69, 9.17) is 4.42 Å². The van der Waals surface area contributed by atoms with Crippen molar-refractivity contribution in [1.82, 2.24) is 9.97 Å². The second kappa shape index (κ2) is 5.27. The minimum atomic E-state index is -0.466. The third-order valence-electron chi connectivity index (χ3n) is 2.45. The molecule has 2 aromatic rings. The molecule has 8 heteroatoms. The molecule has 7 nitrogen and oxygen atoms in total. The predicted octanol–water partition coefficient (Wildman–Crippen LogP) is 2.79. The van der Waals surface area contributed by atoms with Crippen molar-refractivity contribution in [2.75, 3.05) is 12.4 Å². The van der Waals surface area contributed by atoms with E-state index in [2.05, 4.69) is 15.3 Å². The summed E-state index contributed by atoms with van der Waals surface area (Å²) in [6.07, 6.45) is 1.54. The van der Waals surface area contributed by atoms with E-state index in [1.807, 2.05) is 0 Å². The lowest BCUT2D eigenvalue weighted by atomic mass is 10.4. The minimum absolute atomic E-state index is 0.0791. The van der Waals surface area contributed by atoms with E-state index >= 15 is 0 Å². The van der Waals surface area contributed by atoms with Gasteiger partial charge in [-0.15, -0.1) is 0 Å². The van der Waals surface area contributed by atoms with Crippen LogP contribution in [0.15, 0.2) is 26.7 Å². The van der Waals surface area contributed by atoms with Crippen molar-refractivity contribution < 1.29 is 9.34 Å². The number of hydrogen-bond donors (Lipinski definition) is 1. The second-order valence-electron chi connectivity index (χ2n) is 3.74. The average molecular weight is 280 g/mol. The van der Waals surface area contributed by atoms with Gasteiger partial charge >= 0.3 is 5.69 Å². The fraction of sp³-hybridized carbons (Fsp3) is 0.273. The molecule has 0 aliphatic heterocycles. The molecule has 0 aliphatic carbocycles. The first kappa shape index (κ1) is 13.3. The number of aromatic nitrogens is 2. The van der Waals surface area contributed by atoms with E-state index in [0.717, 1.165) is 4.90 Å². The molecule has 0 atom stereocenters. The normalized spacial score (nSPS) is 10.5. The zero-order valence-electron chi connectivity index (χ0n) is 10.6. The third kappa shape index (κ3) is 2.68. The summed E-state index contributed by atoms with van der Waals surface area (Å²) >= 11 is 1.19. The molecule has 0 fully saturated rings. The molecule has 0 aliphatic rings. The number of hydrogen-bond acceptors (Lipinski definition) is 7. The maximum atomic E-state index is 11.1. The van der Waals surface area contributed by atoms with E-state index in [-0.39, 0.29) is 5.69 Å². The summed E-state index contributed by atoms with van der Waals surface area (Å²) in [5.41, 5.74) is 0.248. The molecule has 0 radical (unpaired) electrons. The number of nitrogens with zero attached hydrogens (tertiary/aromatic N) is 3. The second-order valence-corrected chi connectivity index (χ2v) is 4.77. The number of rotatable bonds is 4. The van der Waals surface area contributed by atoms with Crippen LogP contribution < -0.4 is 5.32 Å². The highest BCUT2D eigenvalue weighted by Crippen LogP contribution is 2.37. The number of aryl methyl sites for hydroxylation is 2. The van der Waals surface area contributed by atoms with E-state index in [1.165, 1.54) is 18.0 Å². The first-order valence-electron chi connectivity index (χ1n) is 5.45. The highest BCUT2D eigenvalue weighted by molar-refractivity contribution is 7.99. The molecule has 0 unspecified atom stereocenters. The van der Waals surface area contributed by atoms with Crippen molar-refractivity contribution in [3.8, 4) is 0 Å². The zero-order chi connectivity index (χ0) is 14.0. The molecule has 0 saturated carbocycles. The van der Waals surface area contributed by atoms with E-state index < -0.39 is 4.92 Å². The first-order chi connectivity index (χ1) is 9.02. The van der Waals surface area contributed by atoms with Gasteiger partial charge in [0.2, 0.25) is 5.95 Å². The van der Waals surface area contributed by atoms with E-state index in [1.54, 1.807) is 27.0 Å². The van der Waals surface area contributed by atoms with Crippen molar-refractivity contribution in [1.29, 1.82) is 0 Å². The number of anilines is 1. The molecule has 19 heavy (non-hydrogen) atoms. The van der Waals surface area contributed by atoms with Gasteiger partial charge in [0.05, 0.1) is 16.1 Å². The summed E-state index contributed by atoms with van der Waals surface area (Å²) in [7, 11) is 1.66. The fourth-order valence-electron chi connectivity index (χ4n) is 1.52. The molecular formula is C11H12N4O3S. The molecule has 2 aromatic heterocycles. The van der Waals surface area contributed by atoms with E-state index in [9.17, 15) is 10.1 Å². The maximum absolute atomic E-state index is 11.1. The summed E-state index contributed by atoms with van der Waals surface area (Å²) in [6.45, 7) is 3.38. The van der Waals surface area contributed by atoms with Gasteiger partial charge in [-0.2, -0.15) is 4.98 Å². The quantitative estimate of drug-likeness (QED) is 0.522. The van der Waals surface area contributed by atoms with Gasteiger partial charge in [0, 0.05) is 7.05 Å². The summed E-state index contributed by atoms with van der Waals surface area (Å²) in [6, 6.07) is 1.75. The predicted molar refractivity (Wildman–Crippen MR) is 70.5 cm³/mol. The van der Waals surface area contributed by atoms with Crippen molar-refractivity contribution in [3.63, 3.8) is 0 Å². The van der Waals surface area contributed by atoms with Crippen LogP contribution in [0.4, 0.5) is 11.6 Å². The van der Waals surface area contributed by atoms with Crippen LogP contribution in [0.3, 0.4) is 0 Å². The molecule has 0 bridgehead atoms. The molecule has 0 amide bonds. The lowest BCUT2D eigenvalue weighted by Gasteiger charge is -2.06. The van der Waals surface area contributed by atoms with Crippen molar-refractivity contribution in [2.24, 2.45) is 0 Å². The Bertz CT molecular complexity index is 626. The van der Waals surface area contributed by atoms with Gasteiger partial charge < -0.3 is 9.73 Å². The van der Waals surface area contributed by atoms with Gasteiger partial charge in [-0.05, 0) is 19.9 Å². The summed E-state index contributed by atoms with van der Waals surface area (Å²) in [4.78, 5) is 19.6. The number of nitro groups is 1. The third-order valence-corrected chi connectivity index (χ3v) is 3.57. The van der Waals surface area contributed by atoms with Crippen LogP contribution in [0.1, 0.15) is 11.5 Å². The van der Waals surface area contributed by atoms with Gasteiger partial charge in [0.15, 0.2) is 5.03 Å². The Morgan fingerprint density at radius 1 is 1.42 bits per heavy atom. The number of nitrogens with one attached hydrogen (secondary N) is 1. The summed E-state index contributed by atoms with van der Waals surface area (Å²) in [5, 5.41) is 14.2. The van der Waals surface area contributed by atoms with Crippen LogP contribution in [-0.4, -0.2) is 21.9 Å². The van der Waals surface area contributed by atoms with Gasteiger partial charge in [-0.3, -0.25) is 10.1 Å². The van der Waals surface area contributed by atoms with Crippen molar-refractivity contribution in [3.05, 3.63) is 33.9 Å². The average Bonchev–Trinajstić information content (AvgIpc) is 2.73. The Morgan fingerprint density at radius 3 is 2.68 bits per heavy atom. The molecule has 0 aromatic carbocycles. The Kier molecular flexibility index (Phi) is 3.70. The van der Waals surface area contributed by atoms with Crippen molar-refractivity contribution >= 4 is 23.4 Å². The molecule has 2 heterocycles. The monoisotopic (exact) mass is 280 g/mol. The Labute approximate surface area is 113 Å². The highest BCUT2D eigenvalue weighted by Gasteiger charge is 2.23. The maximum Gasteiger partial charge on any atom is 0.322 e. The highest BCUT2D eigenvalue weighted by atomic mass is 32.2. The topological polar surface area (TPSA) is 94.1 Å². The van der Waals surface area contributed by atoms with Gasteiger partial charge in [-0.25, -0.2) is 4.98 Å². The molecule has 1 N–H and O–H groups in total. The van der Waals surface area contributed by atoms with Crippen LogP contribution in [0.5, 0.6) is 0 Å².